The normalized spacial score (nSPS) is 11.9. The first-order chi connectivity index (χ1) is 10.4. The van der Waals surface area contributed by atoms with Crippen molar-refractivity contribution in [3.8, 4) is 0 Å². The summed E-state index contributed by atoms with van der Waals surface area (Å²) >= 11 is 0. The molecule has 0 bridgehead atoms. The molecule has 0 fully saturated rings. The van der Waals surface area contributed by atoms with Gasteiger partial charge in [-0.3, -0.25) is 19.7 Å². The SMILES string of the molecule is CC(C)(CNC(=O)c1ccc(C(C)(C)C)c([N+](=O)[O-])c1)C(=O)O. The van der Waals surface area contributed by atoms with E-state index in [1.165, 1.54) is 26.0 Å². The van der Waals surface area contributed by atoms with Crippen LogP contribution in [-0.2, 0) is 10.2 Å². The minimum absolute atomic E-state index is 0.0734. The lowest BCUT2D eigenvalue weighted by Gasteiger charge is -2.20. The standard InChI is InChI=1S/C16H22N2O5/c1-15(2,3)11-7-6-10(8-12(11)18(22)23)13(19)17-9-16(4,5)14(20)21/h6-8H,9H2,1-5H3,(H,17,19)(H,20,21). The van der Waals surface area contributed by atoms with Gasteiger partial charge in [0, 0.05) is 23.7 Å². The maximum Gasteiger partial charge on any atom is 0.310 e. The highest BCUT2D eigenvalue weighted by molar-refractivity contribution is 5.95. The highest BCUT2D eigenvalue weighted by atomic mass is 16.6. The molecule has 1 rings (SSSR count). The van der Waals surface area contributed by atoms with Gasteiger partial charge in [0.25, 0.3) is 11.6 Å². The molecule has 126 valence electrons. The van der Waals surface area contributed by atoms with Crippen molar-refractivity contribution >= 4 is 17.6 Å². The van der Waals surface area contributed by atoms with Crippen LogP contribution in [0.1, 0.15) is 50.5 Å². The van der Waals surface area contributed by atoms with Crippen LogP contribution in [0.2, 0.25) is 0 Å². The molecule has 0 spiro atoms. The molecule has 1 aromatic rings. The van der Waals surface area contributed by atoms with E-state index < -0.39 is 27.6 Å². The number of carboxylic acids is 1. The molecule has 0 aliphatic carbocycles. The highest BCUT2D eigenvalue weighted by Gasteiger charge is 2.29. The second kappa shape index (κ2) is 6.36. The fourth-order valence-corrected chi connectivity index (χ4v) is 1.94. The van der Waals surface area contributed by atoms with Crippen molar-refractivity contribution in [2.45, 2.75) is 40.0 Å². The third-order valence-electron chi connectivity index (χ3n) is 3.53. The summed E-state index contributed by atoms with van der Waals surface area (Å²) in [5.41, 5.74) is -1.01. The fourth-order valence-electron chi connectivity index (χ4n) is 1.94. The number of nitrogens with zero attached hydrogens (tertiary/aromatic N) is 1. The number of aliphatic carboxylic acids is 1. The molecule has 2 N–H and O–H groups in total. The Hall–Kier alpha value is -2.44. The molecule has 0 unspecified atom stereocenters. The van der Waals surface area contributed by atoms with E-state index in [2.05, 4.69) is 5.32 Å². The predicted octanol–water partition coefficient (Wildman–Crippen LogP) is 2.73. The van der Waals surface area contributed by atoms with E-state index in [1.54, 1.807) is 6.07 Å². The molecule has 7 heteroatoms. The average Bonchev–Trinajstić information content (AvgIpc) is 2.42. The summed E-state index contributed by atoms with van der Waals surface area (Å²) in [6, 6.07) is 4.30. The Balaban J connectivity index is 3.06. The number of carbonyl (C=O) groups excluding carboxylic acids is 1. The Morgan fingerprint density at radius 2 is 1.78 bits per heavy atom. The third kappa shape index (κ3) is 4.51. The minimum atomic E-state index is -1.12. The van der Waals surface area contributed by atoms with Crippen LogP contribution >= 0.6 is 0 Å². The molecule has 1 amide bonds. The molecule has 1 aromatic carbocycles. The van der Waals surface area contributed by atoms with Gasteiger partial charge in [-0.1, -0.05) is 26.8 Å². The van der Waals surface area contributed by atoms with E-state index >= 15 is 0 Å². The molecule has 0 saturated carbocycles. The van der Waals surface area contributed by atoms with Gasteiger partial charge in [-0.05, 0) is 25.3 Å². The van der Waals surface area contributed by atoms with E-state index in [0.717, 1.165) is 0 Å². The first kappa shape index (κ1) is 18.6. The zero-order valence-corrected chi connectivity index (χ0v) is 14.0. The van der Waals surface area contributed by atoms with Crippen LogP contribution in [0, 0.1) is 15.5 Å². The largest absolute Gasteiger partial charge is 0.481 e. The average molecular weight is 322 g/mol. The molecule has 0 aliphatic heterocycles. The van der Waals surface area contributed by atoms with Crippen molar-refractivity contribution < 1.29 is 19.6 Å². The van der Waals surface area contributed by atoms with Gasteiger partial charge in [-0.25, -0.2) is 0 Å². The van der Waals surface area contributed by atoms with Crippen molar-refractivity contribution in [3.05, 3.63) is 39.4 Å². The van der Waals surface area contributed by atoms with Gasteiger partial charge in [0.1, 0.15) is 0 Å². The van der Waals surface area contributed by atoms with Gasteiger partial charge in [-0.15, -0.1) is 0 Å². The molecule has 0 aliphatic rings. The van der Waals surface area contributed by atoms with Crippen LogP contribution in [0.15, 0.2) is 18.2 Å². The van der Waals surface area contributed by atoms with Crippen molar-refractivity contribution in [2.24, 2.45) is 5.41 Å². The predicted molar refractivity (Wildman–Crippen MR) is 85.5 cm³/mol. The molecule has 0 heterocycles. The quantitative estimate of drug-likeness (QED) is 0.640. The van der Waals surface area contributed by atoms with Crippen LogP contribution < -0.4 is 5.32 Å². The summed E-state index contributed by atoms with van der Waals surface area (Å²) < 4.78 is 0. The Morgan fingerprint density at radius 3 is 2.22 bits per heavy atom. The van der Waals surface area contributed by atoms with Gasteiger partial charge >= 0.3 is 5.97 Å². The molecule has 0 saturated heterocycles. The number of amides is 1. The van der Waals surface area contributed by atoms with Gasteiger partial charge in [-0.2, -0.15) is 0 Å². The first-order valence-electron chi connectivity index (χ1n) is 7.17. The summed E-state index contributed by atoms with van der Waals surface area (Å²) in [4.78, 5) is 33.9. The lowest BCUT2D eigenvalue weighted by molar-refractivity contribution is -0.386. The molecule has 23 heavy (non-hydrogen) atoms. The number of hydrogen-bond donors (Lipinski definition) is 2. The molecule has 0 aromatic heterocycles. The second-order valence-corrected chi connectivity index (χ2v) is 7.11. The van der Waals surface area contributed by atoms with Crippen molar-refractivity contribution in [1.82, 2.24) is 5.32 Å². The number of nitrogens with one attached hydrogen (secondary N) is 1. The number of rotatable bonds is 5. The van der Waals surface area contributed by atoms with Gasteiger partial charge in [0.15, 0.2) is 0 Å². The zero-order valence-electron chi connectivity index (χ0n) is 14.0. The maximum atomic E-state index is 12.1. The topological polar surface area (TPSA) is 110 Å². The summed E-state index contributed by atoms with van der Waals surface area (Å²) in [7, 11) is 0. The Labute approximate surface area is 134 Å². The Bertz CT molecular complexity index is 644. The highest BCUT2D eigenvalue weighted by Crippen LogP contribution is 2.31. The zero-order chi connectivity index (χ0) is 18.0. The fraction of sp³-hybridized carbons (Fsp3) is 0.500. The van der Waals surface area contributed by atoms with Gasteiger partial charge < -0.3 is 10.4 Å². The van der Waals surface area contributed by atoms with Crippen LogP contribution in [0.4, 0.5) is 5.69 Å². The summed E-state index contributed by atoms with van der Waals surface area (Å²) in [5.74, 6) is -1.57. The van der Waals surface area contributed by atoms with Gasteiger partial charge in [0.05, 0.1) is 10.3 Å². The molecular formula is C16H22N2O5. The summed E-state index contributed by atoms with van der Waals surface area (Å²) in [6.45, 7) is 8.46. The smallest absolute Gasteiger partial charge is 0.310 e. The lowest BCUT2D eigenvalue weighted by Crippen LogP contribution is -2.38. The van der Waals surface area contributed by atoms with Crippen LogP contribution in [0.25, 0.3) is 0 Å². The van der Waals surface area contributed by atoms with E-state index in [0.29, 0.717) is 5.56 Å². The maximum absolute atomic E-state index is 12.1. The Kier molecular flexibility index (Phi) is 5.14. The summed E-state index contributed by atoms with van der Waals surface area (Å²) in [5, 5.41) is 22.8. The van der Waals surface area contributed by atoms with Crippen LogP contribution in [-0.4, -0.2) is 28.5 Å². The number of carbonyl (C=O) groups is 2. The van der Waals surface area contributed by atoms with Crippen molar-refractivity contribution in [1.29, 1.82) is 0 Å². The number of nitro groups is 1. The number of carboxylic acid groups (broad SMARTS) is 1. The minimum Gasteiger partial charge on any atom is -0.481 e. The van der Waals surface area contributed by atoms with E-state index in [9.17, 15) is 19.7 Å². The molecule has 0 radical (unpaired) electrons. The number of hydrogen-bond acceptors (Lipinski definition) is 4. The number of nitro benzene ring substituents is 1. The first-order valence-corrected chi connectivity index (χ1v) is 7.17. The van der Waals surface area contributed by atoms with Crippen molar-refractivity contribution in [3.63, 3.8) is 0 Å². The Morgan fingerprint density at radius 1 is 1.22 bits per heavy atom. The van der Waals surface area contributed by atoms with Crippen LogP contribution in [0.3, 0.4) is 0 Å². The van der Waals surface area contributed by atoms with Crippen LogP contribution in [0.5, 0.6) is 0 Å². The lowest BCUT2D eigenvalue weighted by atomic mass is 9.85. The second-order valence-electron chi connectivity index (χ2n) is 7.11. The van der Waals surface area contributed by atoms with Crippen molar-refractivity contribution in [2.75, 3.05) is 6.54 Å². The van der Waals surface area contributed by atoms with E-state index in [-0.39, 0.29) is 17.8 Å². The monoisotopic (exact) mass is 322 g/mol. The third-order valence-corrected chi connectivity index (χ3v) is 3.53. The van der Waals surface area contributed by atoms with E-state index in [4.69, 9.17) is 5.11 Å². The van der Waals surface area contributed by atoms with E-state index in [1.807, 2.05) is 20.8 Å². The molecular weight excluding hydrogens is 300 g/mol. The molecule has 0 atom stereocenters. The molecule has 7 nitrogen and oxygen atoms in total. The summed E-state index contributed by atoms with van der Waals surface area (Å²) in [6.07, 6.45) is 0. The van der Waals surface area contributed by atoms with Gasteiger partial charge in [0.2, 0.25) is 0 Å². The number of benzene rings is 1.